The third kappa shape index (κ3) is 7.32. The highest BCUT2D eigenvalue weighted by Crippen LogP contribution is 2.33. The first-order chi connectivity index (χ1) is 20.4. The Morgan fingerprint density at radius 1 is 1.00 bits per heavy atom. The van der Waals surface area contributed by atoms with Crippen LogP contribution in [-0.2, 0) is 22.4 Å². The van der Waals surface area contributed by atoms with E-state index in [4.69, 9.17) is 20.8 Å². The Hall–Kier alpha value is -4.27. The van der Waals surface area contributed by atoms with Crippen molar-refractivity contribution in [3.8, 4) is 17.2 Å². The first-order valence-electron chi connectivity index (χ1n) is 13.4. The molecule has 0 radical (unpaired) electrons. The van der Waals surface area contributed by atoms with Gasteiger partial charge in [0.2, 0.25) is 11.8 Å². The highest BCUT2D eigenvalue weighted by molar-refractivity contribution is 8.00. The zero-order chi connectivity index (χ0) is 29.5. The van der Waals surface area contributed by atoms with Crippen LogP contribution in [0.4, 0.5) is 0 Å². The van der Waals surface area contributed by atoms with Crippen molar-refractivity contribution in [1.29, 1.82) is 0 Å². The summed E-state index contributed by atoms with van der Waals surface area (Å²) in [5, 5.41) is 14.9. The van der Waals surface area contributed by atoms with Crippen LogP contribution in [0, 0.1) is 6.92 Å². The van der Waals surface area contributed by atoms with Gasteiger partial charge in [0.05, 0.1) is 18.1 Å². The second-order valence-electron chi connectivity index (χ2n) is 9.68. The molecule has 1 aromatic heterocycles. The van der Waals surface area contributed by atoms with Crippen molar-refractivity contribution in [2.24, 2.45) is 0 Å². The number of fused-ring (bicyclic) bond motifs is 1. The average Bonchev–Trinajstić information content (AvgIpc) is 3.37. The van der Waals surface area contributed by atoms with E-state index in [1.165, 1.54) is 11.8 Å². The van der Waals surface area contributed by atoms with Crippen molar-refractivity contribution in [3.05, 3.63) is 113 Å². The Balaban J connectivity index is 1.12. The van der Waals surface area contributed by atoms with Crippen LogP contribution in [0.5, 0.6) is 5.75 Å². The number of carboxylic acid groups (broad SMARTS) is 1. The molecule has 5 aromatic rings. The predicted molar refractivity (Wildman–Crippen MR) is 165 cm³/mol. The van der Waals surface area contributed by atoms with E-state index < -0.39 is 12.0 Å². The molecule has 1 heterocycles. The molecule has 7 nitrogen and oxygen atoms in total. The third-order valence-electron chi connectivity index (χ3n) is 6.69. The SMILES string of the molecule is Cc1oc(-c2ccccc2)nc1CCOc1ccc(C[C@H](NC(=O)CSc2cccc3cccc(Cl)c23)C(=O)O)cc1. The number of amides is 1. The molecule has 1 amide bonds. The van der Waals surface area contributed by atoms with E-state index in [0.717, 1.165) is 38.2 Å². The molecule has 0 aliphatic carbocycles. The quantitative estimate of drug-likeness (QED) is 0.149. The van der Waals surface area contributed by atoms with Crippen molar-refractivity contribution in [3.63, 3.8) is 0 Å². The zero-order valence-corrected chi connectivity index (χ0v) is 24.5. The van der Waals surface area contributed by atoms with E-state index in [1.807, 2.05) is 73.7 Å². The van der Waals surface area contributed by atoms with Gasteiger partial charge in [0.25, 0.3) is 0 Å². The highest BCUT2D eigenvalue weighted by Gasteiger charge is 2.21. The largest absolute Gasteiger partial charge is 0.493 e. The van der Waals surface area contributed by atoms with E-state index >= 15 is 0 Å². The van der Waals surface area contributed by atoms with E-state index in [-0.39, 0.29) is 18.1 Å². The van der Waals surface area contributed by atoms with Crippen LogP contribution in [0.1, 0.15) is 17.0 Å². The molecule has 5 rings (SSSR count). The second-order valence-corrected chi connectivity index (χ2v) is 11.1. The molecule has 9 heteroatoms. The smallest absolute Gasteiger partial charge is 0.326 e. The molecular weight excluding hydrogens is 572 g/mol. The molecule has 4 aromatic carbocycles. The Kier molecular flexibility index (Phi) is 9.46. The minimum Gasteiger partial charge on any atom is -0.493 e. The second kappa shape index (κ2) is 13.6. The number of hydrogen-bond acceptors (Lipinski definition) is 6. The number of benzene rings is 4. The van der Waals surface area contributed by atoms with Crippen molar-refractivity contribution in [2.45, 2.75) is 30.7 Å². The van der Waals surface area contributed by atoms with E-state index in [0.29, 0.717) is 29.7 Å². The number of rotatable bonds is 12. The normalized spacial score (nSPS) is 11.8. The molecular formula is C33H29ClN2O5S. The lowest BCUT2D eigenvalue weighted by Crippen LogP contribution is -2.43. The van der Waals surface area contributed by atoms with Gasteiger partial charge in [-0.3, -0.25) is 4.79 Å². The number of aryl methyl sites for hydroxylation is 1. The van der Waals surface area contributed by atoms with E-state index in [1.54, 1.807) is 24.3 Å². The van der Waals surface area contributed by atoms with E-state index in [2.05, 4.69) is 10.3 Å². The standard InChI is InChI=1S/C33H29ClN2O5S/c1-21-27(36-32(41-21)24-7-3-2-4-8-24)17-18-40-25-15-13-22(14-16-25)19-28(33(38)39)35-30(37)20-42-29-12-6-10-23-9-5-11-26(34)31(23)29/h2-16,28H,17-20H2,1H3,(H,35,37)(H,38,39)/t28-/m0/s1. The number of carbonyl (C=O) groups is 2. The Morgan fingerprint density at radius 3 is 2.48 bits per heavy atom. The summed E-state index contributed by atoms with van der Waals surface area (Å²) < 4.78 is 11.7. The van der Waals surface area contributed by atoms with Gasteiger partial charge in [0.15, 0.2) is 0 Å². The minimum atomic E-state index is -1.10. The number of oxazole rings is 1. The number of nitrogens with one attached hydrogen (secondary N) is 1. The monoisotopic (exact) mass is 600 g/mol. The van der Waals surface area contributed by atoms with Gasteiger partial charge in [-0.1, -0.05) is 66.2 Å². The number of aromatic nitrogens is 1. The van der Waals surface area contributed by atoms with Gasteiger partial charge in [-0.05, 0) is 54.3 Å². The van der Waals surface area contributed by atoms with Gasteiger partial charge in [-0.15, -0.1) is 11.8 Å². The van der Waals surface area contributed by atoms with Crippen molar-refractivity contribution in [2.75, 3.05) is 12.4 Å². The number of nitrogens with zero attached hydrogens (tertiary/aromatic N) is 1. The van der Waals surface area contributed by atoms with Crippen molar-refractivity contribution in [1.82, 2.24) is 10.3 Å². The number of ether oxygens (including phenoxy) is 1. The average molecular weight is 601 g/mol. The fraction of sp³-hybridized carbons (Fsp3) is 0.182. The molecule has 0 bridgehead atoms. The molecule has 0 unspecified atom stereocenters. The molecule has 0 spiro atoms. The molecule has 0 saturated heterocycles. The maximum atomic E-state index is 12.7. The molecule has 1 atom stereocenters. The number of carboxylic acids is 1. The van der Waals surface area contributed by atoms with Gasteiger partial charge >= 0.3 is 5.97 Å². The summed E-state index contributed by atoms with van der Waals surface area (Å²) >= 11 is 7.71. The summed E-state index contributed by atoms with van der Waals surface area (Å²) in [4.78, 5) is 30.1. The molecule has 0 fully saturated rings. The number of carbonyl (C=O) groups excluding carboxylic acids is 1. The van der Waals surface area contributed by atoms with Gasteiger partial charge in [-0.25, -0.2) is 9.78 Å². The summed E-state index contributed by atoms with van der Waals surface area (Å²) in [5.74, 6) is 0.607. The highest BCUT2D eigenvalue weighted by atomic mass is 35.5. The zero-order valence-electron chi connectivity index (χ0n) is 22.9. The van der Waals surface area contributed by atoms with Gasteiger partial charge in [-0.2, -0.15) is 0 Å². The fourth-order valence-electron chi connectivity index (χ4n) is 4.55. The maximum Gasteiger partial charge on any atom is 0.326 e. The Bertz CT molecular complexity index is 1680. The summed E-state index contributed by atoms with van der Waals surface area (Å²) in [6.07, 6.45) is 0.729. The number of halogens is 1. The van der Waals surface area contributed by atoms with Crippen molar-refractivity contribution < 1.29 is 23.8 Å². The lowest BCUT2D eigenvalue weighted by Gasteiger charge is -2.15. The van der Waals surface area contributed by atoms with Crippen LogP contribution in [0.2, 0.25) is 5.02 Å². The molecule has 214 valence electrons. The van der Waals surface area contributed by atoms with Crippen molar-refractivity contribution >= 4 is 46.0 Å². The Morgan fingerprint density at radius 2 is 1.74 bits per heavy atom. The van der Waals surface area contributed by atoms with Crippen LogP contribution >= 0.6 is 23.4 Å². The van der Waals surface area contributed by atoms with Gasteiger partial charge in [0, 0.05) is 33.7 Å². The summed E-state index contributed by atoms with van der Waals surface area (Å²) in [7, 11) is 0. The number of thioether (sulfide) groups is 1. The first kappa shape index (κ1) is 29.2. The molecule has 0 aliphatic rings. The van der Waals surface area contributed by atoms with Gasteiger partial charge in [0.1, 0.15) is 17.6 Å². The summed E-state index contributed by atoms with van der Waals surface area (Å²) in [6, 6.07) is 27.3. The number of aliphatic carboxylic acids is 1. The fourth-order valence-corrected chi connectivity index (χ4v) is 5.81. The minimum absolute atomic E-state index is 0.0682. The van der Waals surface area contributed by atoms with Crippen LogP contribution in [-0.4, -0.2) is 40.4 Å². The lowest BCUT2D eigenvalue weighted by molar-refractivity contribution is -0.141. The predicted octanol–water partition coefficient (Wildman–Crippen LogP) is 6.98. The topological polar surface area (TPSA) is 102 Å². The summed E-state index contributed by atoms with van der Waals surface area (Å²) in [5.41, 5.74) is 2.53. The Labute approximate surface area is 252 Å². The number of hydrogen-bond donors (Lipinski definition) is 2. The lowest BCUT2D eigenvalue weighted by atomic mass is 10.1. The van der Waals surface area contributed by atoms with Gasteiger partial charge < -0.3 is 19.6 Å². The van der Waals surface area contributed by atoms with Crippen LogP contribution in [0.3, 0.4) is 0 Å². The van der Waals surface area contributed by atoms with Crippen LogP contribution in [0.15, 0.2) is 100 Å². The van der Waals surface area contributed by atoms with Crippen LogP contribution in [0.25, 0.3) is 22.2 Å². The first-order valence-corrected chi connectivity index (χ1v) is 14.8. The molecule has 0 saturated carbocycles. The molecule has 0 aliphatic heterocycles. The van der Waals surface area contributed by atoms with E-state index in [9.17, 15) is 14.7 Å². The third-order valence-corrected chi connectivity index (χ3v) is 8.06. The summed E-state index contributed by atoms with van der Waals surface area (Å²) in [6.45, 7) is 2.30. The molecule has 42 heavy (non-hydrogen) atoms. The molecule has 2 N–H and O–H groups in total. The van der Waals surface area contributed by atoms with Crippen LogP contribution < -0.4 is 10.1 Å². The maximum absolute atomic E-state index is 12.7.